The fourth-order valence-electron chi connectivity index (χ4n) is 2.65. The molecule has 0 fully saturated rings. The van der Waals surface area contributed by atoms with Gasteiger partial charge in [0.15, 0.2) is 0 Å². The minimum absolute atomic E-state index is 0.0214. The lowest BCUT2D eigenvalue weighted by Gasteiger charge is -2.28. The molecule has 0 aromatic heterocycles. The van der Waals surface area contributed by atoms with E-state index in [9.17, 15) is 17.6 Å². The van der Waals surface area contributed by atoms with Crippen molar-refractivity contribution in [2.24, 2.45) is 5.73 Å². The van der Waals surface area contributed by atoms with E-state index in [0.29, 0.717) is 5.56 Å². The monoisotopic (exact) mass is 406 g/mol. The number of alkyl halides is 3. The maximum Gasteiger partial charge on any atom is 0.428 e. The zero-order valence-electron chi connectivity index (χ0n) is 13.0. The van der Waals surface area contributed by atoms with E-state index in [1.807, 2.05) is 0 Å². The molecule has 3 N–H and O–H groups in total. The molecule has 2 aromatic rings. The first-order valence-corrected chi connectivity index (χ1v) is 8.11. The van der Waals surface area contributed by atoms with Crippen molar-refractivity contribution in [1.29, 1.82) is 0 Å². The highest BCUT2D eigenvalue weighted by Crippen LogP contribution is 2.48. The van der Waals surface area contributed by atoms with Crippen LogP contribution in [0.1, 0.15) is 16.7 Å². The minimum Gasteiger partial charge on any atom is -0.326 e. The molecule has 0 spiro atoms. The molecule has 2 aromatic carbocycles. The SMILES string of the molecule is NCc1cc(C2=CC(c3cc(Cl)cc(Cl)c3)(C(F)(F)F)ON2)ccc1F. The van der Waals surface area contributed by atoms with Crippen molar-refractivity contribution in [1.82, 2.24) is 5.48 Å². The lowest BCUT2D eigenvalue weighted by molar-refractivity contribution is -0.269. The number of rotatable bonds is 3. The van der Waals surface area contributed by atoms with Crippen molar-refractivity contribution in [2.75, 3.05) is 0 Å². The summed E-state index contributed by atoms with van der Waals surface area (Å²) in [6, 6.07) is 7.38. The number of hydrogen-bond donors (Lipinski definition) is 2. The lowest BCUT2D eigenvalue weighted by Crippen LogP contribution is -2.42. The molecule has 0 aliphatic carbocycles. The molecule has 0 radical (unpaired) electrons. The zero-order valence-corrected chi connectivity index (χ0v) is 14.5. The first kappa shape index (κ1) is 19.0. The van der Waals surface area contributed by atoms with Crippen LogP contribution in [-0.2, 0) is 17.0 Å². The molecule has 0 amide bonds. The van der Waals surface area contributed by atoms with Crippen LogP contribution in [0.4, 0.5) is 17.6 Å². The molecule has 1 atom stereocenters. The maximum atomic E-state index is 13.9. The van der Waals surface area contributed by atoms with Crippen molar-refractivity contribution in [3.63, 3.8) is 0 Å². The summed E-state index contributed by atoms with van der Waals surface area (Å²) in [4.78, 5) is 4.96. The molecule has 1 unspecified atom stereocenters. The Kier molecular flexibility index (Phi) is 4.92. The van der Waals surface area contributed by atoms with Crippen molar-refractivity contribution in [2.45, 2.75) is 18.3 Å². The quantitative estimate of drug-likeness (QED) is 0.710. The smallest absolute Gasteiger partial charge is 0.326 e. The summed E-state index contributed by atoms with van der Waals surface area (Å²) in [5, 5.41) is 0.0718. The fraction of sp³-hybridized carbons (Fsp3) is 0.176. The molecule has 1 aliphatic rings. The van der Waals surface area contributed by atoms with E-state index >= 15 is 0 Å². The van der Waals surface area contributed by atoms with Gasteiger partial charge in [0.05, 0.1) is 5.70 Å². The third kappa shape index (κ3) is 3.27. The number of hydrogen-bond acceptors (Lipinski definition) is 3. The number of nitrogens with two attached hydrogens (primary N) is 1. The topological polar surface area (TPSA) is 47.3 Å². The first-order valence-electron chi connectivity index (χ1n) is 7.35. The lowest BCUT2D eigenvalue weighted by atomic mass is 9.91. The number of halogens is 6. The fourth-order valence-corrected chi connectivity index (χ4v) is 3.18. The van der Waals surface area contributed by atoms with Gasteiger partial charge in [0.1, 0.15) is 5.82 Å². The summed E-state index contributed by atoms with van der Waals surface area (Å²) in [6.45, 7) is -0.0951. The van der Waals surface area contributed by atoms with Crippen LogP contribution >= 0.6 is 23.2 Å². The molecular weight excluding hydrogens is 395 g/mol. The van der Waals surface area contributed by atoms with Gasteiger partial charge in [-0.15, -0.1) is 0 Å². The van der Waals surface area contributed by atoms with E-state index in [4.69, 9.17) is 33.8 Å². The van der Waals surface area contributed by atoms with Crippen molar-refractivity contribution in [3.05, 3.63) is 75.0 Å². The Labute approximate surface area is 156 Å². The Morgan fingerprint density at radius 3 is 2.31 bits per heavy atom. The summed E-state index contributed by atoms with van der Waals surface area (Å²) in [7, 11) is 0. The van der Waals surface area contributed by atoms with Crippen LogP contribution in [0.3, 0.4) is 0 Å². The Bertz CT molecular complexity index is 865. The third-order valence-corrected chi connectivity index (χ3v) is 4.40. The largest absolute Gasteiger partial charge is 0.428 e. The summed E-state index contributed by atoms with van der Waals surface area (Å²) in [6.07, 6.45) is -3.95. The van der Waals surface area contributed by atoms with Gasteiger partial charge >= 0.3 is 6.18 Å². The number of nitrogens with one attached hydrogen (secondary N) is 1. The van der Waals surface area contributed by atoms with E-state index in [1.165, 1.54) is 18.2 Å². The molecule has 26 heavy (non-hydrogen) atoms. The average Bonchev–Trinajstić information content (AvgIpc) is 3.01. The molecule has 1 aliphatic heterocycles. The molecule has 1 heterocycles. The normalized spacial score (nSPS) is 20.0. The standard InChI is InChI=1S/C17H12Cl2F4N2O/c18-12-4-11(5-13(19)6-12)16(17(21,22)23)7-15(25-26-16)9-1-2-14(20)10(3-9)8-24/h1-7,25H,8,24H2. The Morgan fingerprint density at radius 1 is 1.08 bits per heavy atom. The summed E-state index contributed by atoms with van der Waals surface area (Å²) in [5.41, 5.74) is 5.12. The predicted molar refractivity (Wildman–Crippen MR) is 90.7 cm³/mol. The molecular formula is C17H12Cl2F4N2O. The second kappa shape index (κ2) is 6.74. The van der Waals surface area contributed by atoms with Crippen LogP contribution in [0, 0.1) is 5.82 Å². The van der Waals surface area contributed by atoms with Crippen molar-refractivity contribution < 1.29 is 22.4 Å². The summed E-state index contributed by atoms with van der Waals surface area (Å²) in [5.74, 6) is -0.542. The van der Waals surface area contributed by atoms with E-state index in [0.717, 1.165) is 24.3 Å². The summed E-state index contributed by atoms with van der Waals surface area (Å²) >= 11 is 11.7. The second-order valence-electron chi connectivity index (χ2n) is 5.66. The van der Waals surface area contributed by atoms with Gasteiger partial charge < -0.3 is 5.73 Å². The second-order valence-corrected chi connectivity index (χ2v) is 6.54. The van der Waals surface area contributed by atoms with Crippen molar-refractivity contribution >= 4 is 28.9 Å². The van der Waals surface area contributed by atoms with Crippen LogP contribution in [0.15, 0.2) is 42.5 Å². The van der Waals surface area contributed by atoms with E-state index in [2.05, 4.69) is 5.48 Å². The molecule has 0 bridgehead atoms. The van der Waals surface area contributed by atoms with Crippen LogP contribution < -0.4 is 11.2 Å². The van der Waals surface area contributed by atoms with Gasteiger partial charge in [-0.2, -0.15) is 13.2 Å². The maximum absolute atomic E-state index is 13.9. The van der Waals surface area contributed by atoms with Crippen molar-refractivity contribution in [3.8, 4) is 0 Å². The zero-order chi connectivity index (χ0) is 19.1. The highest BCUT2D eigenvalue weighted by Gasteiger charge is 2.59. The highest BCUT2D eigenvalue weighted by molar-refractivity contribution is 6.34. The highest BCUT2D eigenvalue weighted by atomic mass is 35.5. The van der Waals surface area contributed by atoms with Crippen LogP contribution in [0.2, 0.25) is 10.0 Å². The van der Waals surface area contributed by atoms with Crippen LogP contribution in [-0.4, -0.2) is 6.18 Å². The van der Waals surface area contributed by atoms with Gasteiger partial charge in [-0.1, -0.05) is 23.2 Å². The van der Waals surface area contributed by atoms with Crippen LogP contribution in [0.25, 0.3) is 5.70 Å². The molecule has 0 saturated carbocycles. The van der Waals surface area contributed by atoms with Gasteiger partial charge in [0, 0.05) is 33.3 Å². The Balaban J connectivity index is 2.14. The third-order valence-electron chi connectivity index (χ3n) is 3.96. The van der Waals surface area contributed by atoms with Gasteiger partial charge in [-0.25, -0.2) is 4.39 Å². The first-order chi connectivity index (χ1) is 12.2. The van der Waals surface area contributed by atoms with Gasteiger partial charge in [-0.3, -0.25) is 10.3 Å². The Hall–Kier alpha value is -1.80. The number of hydroxylamine groups is 1. The molecule has 3 nitrogen and oxygen atoms in total. The average molecular weight is 407 g/mol. The summed E-state index contributed by atoms with van der Waals surface area (Å²) < 4.78 is 55.3. The number of benzene rings is 2. The van der Waals surface area contributed by atoms with E-state index in [1.54, 1.807) is 0 Å². The molecule has 9 heteroatoms. The van der Waals surface area contributed by atoms with Gasteiger partial charge in [-0.05, 0) is 42.5 Å². The molecule has 3 rings (SSSR count). The van der Waals surface area contributed by atoms with E-state index < -0.39 is 17.6 Å². The minimum atomic E-state index is -4.81. The molecule has 138 valence electrons. The van der Waals surface area contributed by atoms with Crippen LogP contribution in [0.5, 0.6) is 0 Å². The Morgan fingerprint density at radius 2 is 1.73 bits per heavy atom. The van der Waals surface area contributed by atoms with E-state index in [-0.39, 0.29) is 33.4 Å². The van der Waals surface area contributed by atoms with Gasteiger partial charge in [0.2, 0.25) is 5.60 Å². The van der Waals surface area contributed by atoms with Gasteiger partial charge in [0.25, 0.3) is 0 Å². The molecule has 0 saturated heterocycles. The predicted octanol–water partition coefficient (Wildman–Crippen LogP) is 4.92.